The molecule has 0 saturated carbocycles. The molecule has 0 radical (unpaired) electrons. The highest BCUT2D eigenvalue weighted by Crippen LogP contribution is 2.09. The Morgan fingerprint density at radius 1 is 0.895 bits per heavy atom. The van der Waals surface area contributed by atoms with Crippen LogP contribution in [0.1, 0.15) is 53.4 Å². The van der Waals surface area contributed by atoms with Gasteiger partial charge in [-0.05, 0) is 32.2 Å². The summed E-state index contributed by atoms with van der Waals surface area (Å²) in [6.45, 7) is 8.59. The van der Waals surface area contributed by atoms with Gasteiger partial charge in [0.1, 0.15) is 0 Å². The Hall–Kier alpha value is -0.795. The van der Waals surface area contributed by atoms with Gasteiger partial charge in [-0.15, -0.1) is 0 Å². The predicted octanol–water partition coefficient (Wildman–Crippen LogP) is 3.79. The molecule has 106 valence electrons. The van der Waals surface area contributed by atoms with Crippen molar-refractivity contribution in [2.75, 3.05) is 0 Å². The molecular weight excluding hydrogens is 235 g/mol. The van der Waals surface area contributed by atoms with Gasteiger partial charge < -0.3 is 9.31 Å². The van der Waals surface area contributed by atoms with Crippen LogP contribution in [0.4, 0.5) is 0 Å². The van der Waals surface area contributed by atoms with Gasteiger partial charge in [0.2, 0.25) is 0 Å². The van der Waals surface area contributed by atoms with Crippen molar-refractivity contribution in [2.45, 2.75) is 65.6 Å². The Bertz CT molecular complexity index is 315. The Morgan fingerprint density at radius 3 is 1.79 bits per heavy atom. The van der Waals surface area contributed by atoms with E-state index in [0.717, 1.165) is 31.1 Å². The fourth-order valence-electron chi connectivity index (χ4n) is 2.17. The van der Waals surface area contributed by atoms with Crippen molar-refractivity contribution in [3.05, 3.63) is 30.3 Å². The van der Waals surface area contributed by atoms with Crippen molar-refractivity contribution in [1.82, 2.24) is 0 Å². The van der Waals surface area contributed by atoms with E-state index in [9.17, 15) is 0 Å². The molecule has 0 aliphatic rings. The van der Waals surface area contributed by atoms with Crippen LogP contribution in [0.3, 0.4) is 0 Å². The van der Waals surface area contributed by atoms with E-state index in [1.165, 1.54) is 0 Å². The van der Waals surface area contributed by atoms with Crippen LogP contribution < -0.4 is 5.46 Å². The maximum absolute atomic E-state index is 6.07. The first-order valence-corrected chi connectivity index (χ1v) is 7.53. The molecule has 3 heteroatoms. The van der Waals surface area contributed by atoms with Gasteiger partial charge in [0.25, 0.3) is 0 Å². The van der Waals surface area contributed by atoms with Crippen molar-refractivity contribution in [2.24, 2.45) is 0 Å². The largest absolute Gasteiger partial charge is 0.494 e. The average Bonchev–Trinajstić information content (AvgIpc) is 2.39. The van der Waals surface area contributed by atoms with Crippen molar-refractivity contribution >= 4 is 12.6 Å². The third-order valence-electron chi connectivity index (χ3n) is 3.17. The van der Waals surface area contributed by atoms with E-state index < -0.39 is 0 Å². The van der Waals surface area contributed by atoms with E-state index >= 15 is 0 Å². The molecule has 2 nitrogen and oxygen atoms in total. The normalized spacial score (nSPS) is 14.1. The minimum absolute atomic E-state index is 0.226. The summed E-state index contributed by atoms with van der Waals surface area (Å²) in [6, 6.07) is 10.2. The Morgan fingerprint density at radius 2 is 1.37 bits per heavy atom. The number of hydrogen-bond acceptors (Lipinski definition) is 2. The molecule has 0 fully saturated rings. The predicted molar refractivity (Wildman–Crippen MR) is 82.7 cm³/mol. The summed E-state index contributed by atoms with van der Waals surface area (Å²) in [6.07, 6.45) is 4.84. The summed E-state index contributed by atoms with van der Waals surface area (Å²) in [5.74, 6) is 0. The maximum atomic E-state index is 6.07. The topological polar surface area (TPSA) is 18.5 Å². The Labute approximate surface area is 118 Å². The van der Waals surface area contributed by atoms with Gasteiger partial charge in [-0.1, -0.05) is 57.0 Å². The standard InChI is InChI=1S/C16H27BO2/c1-5-10-14(3)18-17(19-15(4)11-6-2)16-12-8-7-9-13-16/h7-9,12-15H,5-6,10-11H2,1-4H3. The van der Waals surface area contributed by atoms with E-state index in [1.807, 2.05) is 18.2 Å². The number of rotatable bonds is 9. The van der Waals surface area contributed by atoms with Crippen LogP contribution in [0.25, 0.3) is 0 Å². The third kappa shape index (κ3) is 6.26. The molecule has 1 rings (SSSR count). The zero-order valence-electron chi connectivity index (χ0n) is 12.8. The second-order valence-corrected chi connectivity index (χ2v) is 5.21. The highest BCUT2D eigenvalue weighted by Gasteiger charge is 2.25. The summed E-state index contributed by atoms with van der Waals surface area (Å²) in [7, 11) is -0.246. The molecule has 1 aromatic rings. The molecule has 0 heterocycles. The molecule has 0 N–H and O–H groups in total. The summed E-state index contributed by atoms with van der Waals surface area (Å²) < 4.78 is 12.1. The zero-order valence-corrected chi connectivity index (χ0v) is 12.8. The first-order chi connectivity index (χ1) is 9.17. The quantitative estimate of drug-likeness (QED) is 0.630. The van der Waals surface area contributed by atoms with Gasteiger partial charge in [-0.3, -0.25) is 0 Å². The van der Waals surface area contributed by atoms with Gasteiger partial charge in [0, 0.05) is 12.2 Å². The molecule has 2 atom stereocenters. The molecule has 0 amide bonds. The SMILES string of the molecule is CCCC(C)OB(OC(C)CCC)c1ccccc1. The molecule has 0 aliphatic carbocycles. The molecule has 0 saturated heterocycles. The third-order valence-corrected chi connectivity index (χ3v) is 3.17. The minimum Gasteiger partial charge on any atom is -0.405 e. The van der Waals surface area contributed by atoms with E-state index in [4.69, 9.17) is 9.31 Å². The lowest BCUT2D eigenvalue weighted by Crippen LogP contribution is -2.41. The molecule has 19 heavy (non-hydrogen) atoms. The van der Waals surface area contributed by atoms with Crippen molar-refractivity contribution in [3.8, 4) is 0 Å². The van der Waals surface area contributed by atoms with E-state index in [1.54, 1.807) is 0 Å². The number of hydrogen-bond donors (Lipinski definition) is 0. The second-order valence-electron chi connectivity index (χ2n) is 5.21. The molecule has 2 unspecified atom stereocenters. The van der Waals surface area contributed by atoms with Crippen LogP contribution in [-0.4, -0.2) is 19.3 Å². The van der Waals surface area contributed by atoms with Crippen LogP contribution in [-0.2, 0) is 9.31 Å². The van der Waals surface area contributed by atoms with Crippen molar-refractivity contribution in [3.63, 3.8) is 0 Å². The highest BCUT2D eigenvalue weighted by molar-refractivity contribution is 6.61. The van der Waals surface area contributed by atoms with E-state index in [0.29, 0.717) is 0 Å². The van der Waals surface area contributed by atoms with Gasteiger partial charge in [0.05, 0.1) is 0 Å². The van der Waals surface area contributed by atoms with Crippen LogP contribution in [0.2, 0.25) is 0 Å². The van der Waals surface area contributed by atoms with Gasteiger partial charge in [-0.2, -0.15) is 0 Å². The molecule has 0 spiro atoms. The summed E-state index contributed by atoms with van der Waals surface area (Å²) in [4.78, 5) is 0. The summed E-state index contributed by atoms with van der Waals surface area (Å²) in [5, 5.41) is 0. The van der Waals surface area contributed by atoms with Gasteiger partial charge in [-0.25, -0.2) is 0 Å². The summed E-state index contributed by atoms with van der Waals surface area (Å²) in [5.41, 5.74) is 1.11. The molecule has 0 aliphatic heterocycles. The first kappa shape index (κ1) is 16.3. The lowest BCUT2D eigenvalue weighted by atomic mass is 9.78. The average molecular weight is 262 g/mol. The van der Waals surface area contributed by atoms with Gasteiger partial charge >= 0.3 is 7.12 Å². The smallest absolute Gasteiger partial charge is 0.405 e. The summed E-state index contributed by atoms with van der Waals surface area (Å²) >= 11 is 0. The lowest BCUT2D eigenvalue weighted by molar-refractivity contribution is 0.114. The van der Waals surface area contributed by atoms with Crippen molar-refractivity contribution < 1.29 is 9.31 Å². The van der Waals surface area contributed by atoms with E-state index in [-0.39, 0.29) is 19.3 Å². The Kier molecular flexibility index (Phi) is 7.84. The van der Waals surface area contributed by atoms with Crippen LogP contribution in [0, 0.1) is 0 Å². The zero-order chi connectivity index (χ0) is 14.1. The van der Waals surface area contributed by atoms with Gasteiger partial charge in [0.15, 0.2) is 0 Å². The second kappa shape index (κ2) is 9.16. The maximum Gasteiger partial charge on any atom is 0.494 e. The molecular formula is C16H27BO2. The highest BCUT2D eigenvalue weighted by atomic mass is 16.6. The lowest BCUT2D eigenvalue weighted by Gasteiger charge is -2.23. The Balaban J connectivity index is 2.67. The minimum atomic E-state index is -0.246. The molecule has 0 aromatic heterocycles. The fraction of sp³-hybridized carbons (Fsp3) is 0.625. The molecule has 0 bridgehead atoms. The van der Waals surface area contributed by atoms with Crippen LogP contribution in [0.5, 0.6) is 0 Å². The van der Waals surface area contributed by atoms with E-state index in [2.05, 4.69) is 39.8 Å². The molecule has 1 aromatic carbocycles. The first-order valence-electron chi connectivity index (χ1n) is 7.53. The fourth-order valence-corrected chi connectivity index (χ4v) is 2.17. The monoisotopic (exact) mass is 262 g/mol. The number of benzene rings is 1. The van der Waals surface area contributed by atoms with Crippen LogP contribution >= 0.6 is 0 Å². The van der Waals surface area contributed by atoms with Crippen LogP contribution in [0.15, 0.2) is 30.3 Å². The van der Waals surface area contributed by atoms with Crippen molar-refractivity contribution in [1.29, 1.82) is 0 Å².